The Morgan fingerprint density at radius 1 is 0.948 bits per heavy atom. The molecule has 0 saturated carbocycles. The van der Waals surface area contributed by atoms with Crippen molar-refractivity contribution < 1.29 is 73.7 Å². The predicted octanol–water partition coefficient (Wildman–Crippen LogP) is 2.83. The van der Waals surface area contributed by atoms with Crippen molar-refractivity contribution in [3.05, 3.63) is 99.8 Å². The average Bonchev–Trinajstić information content (AvgIpc) is 3.89. The zero-order valence-electron chi connectivity index (χ0n) is 32.7. The van der Waals surface area contributed by atoms with Gasteiger partial charge in [-0.05, 0) is 98.2 Å². The minimum Gasteiger partial charge on any atom is -0.748 e. The van der Waals surface area contributed by atoms with E-state index in [9.17, 15) is 30.1 Å². The number of fused-ring (bicyclic) bond motifs is 2. The second-order valence-electron chi connectivity index (χ2n) is 13.6. The number of benzene rings is 2. The minimum absolute atomic E-state index is 0. The van der Waals surface area contributed by atoms with E-state index in [0.717, 1.165) is 72.5 Å². The molecule has 0 bridgehead atoms. The van der Waals surface area contributed by atoms with Gasteiger partial charge in [-0.2, -0.15) is 9.67 Å². The van der Waals surface area contributed by atoms with Gasteiger partial charge in [0, 0.05) is 71.8 Å². The molecule has 1 aliphatic carbocycles. The Kier molecular flexibility index (Phi) is 17.2. The zero-order valence-corrected chi connectivity index (χ0v) is 38.8. The monoisotopic (exact) mass is 896 g/mol. The molecular formula is C39H45N4NaO9S5. The van der Waals surface area contributed by atoms with Gasteiger partial charge in [-0.3, -0.25) is 4.21 Å². The number of anilines is 1. The van der Waals surface area contributed by atoms with Crippen LogP contribution < -0.4 is 39.0 Å². The van der Waals surface area contributed by atoms with Gasteiger partial charge in [0.2, 0.25) is 5.52 Å². The third-order valence-electron chi connectivity index (χ3n) is 9.29. The Balaban J connectivity index is 0.00000641. The summed E-state index contributed by atoms with van der Waals surface area (Å²) < 4.78 is 94.9. The first-order valence-electron chi connectivity index (χ1n) is 18.5. The summed E-state index contributed by atoms with van der Waals surface area (Å²) in [5.41, 5.74) is 6.40. The number of thiazole rings is 1. The predicted molar refractivity (Wildman–Crippen MR) is 223 cm³/mol. The number of nitrogens with zero attached hydrogens (tertiary/aromatic N) is 4. The van der Waals surface area contributed by atoms with Gasteiger partial charge < -0.3 is 23.5 Å². The number of hydrogen-bond acceptors (Lipinski definition) is 13. The van der Waals surface area contributed by atoms with Crippen LogP contribution >= 0.6 is 23.1 Å². The number of aromatic nitrogens is 3. The Bertz CT molecular complexity index is 2440. The molecule has 0 N–H and O–H groups in total. The van der Waals surface area contributed by atoms with E-state index in [1.807, 2.05) is 35.1 Å². The summed E-state index contributed by atoms with van der Waals surface area (Å²) in [4.78, 5) is 4.06. The summed E-state index contributed by atoms with van der Waals surface area (Å²) in [7, 11) is -9.74. The molecular weight excluding hydrogens is 852 g/mol. The largest absolute Gasteiger partial charge is 1.00 e. The van der Waals surface area contributed by atoms with Crippen LogP contribution in [0.2, 0.25) is 0 Å². The molecule has 0 radical (unpaired) electrons. The molecule has 4 aromatic rings. The van der Waals surface area contributed by atoms with Crippen LogP contribution in [0, 0.1) is 6.92 Å². The molecule has 13 nitrogen and oxygen atoms in total. The summed E-state index contributed by atoms with van der Waals surface area (Å²) >= 11 is 3.29. The van der Waals surface area contributed by atoms with E-state index in [4.69, 9.17) is 9.47 Å². The van der Waals surface area contributed by atoms with Crippen LogP contribution in [0.5, 0.6) is 0 Å². The Hall–Kier alpha value is -2.46. The van der Waals surface area contributed by atoms with Crippen molar-refractivity contribution >= 4 is 81.8 Å². The van der Waals surface area contributed by atoms with E-state index >= 15 is 0 Å². The molecule has 19 heteroatoms. The molecule has 1 atom stereocenters. The second kappa shape index (κ2) is 21.4. The first-order valence-corrected chi connectivity index (χ1v) is 24.8. The van der Waals surface area contributed by atoms with Gasteiger partial charge in [-0.25, -0.2) is 21.5 Å². The molecule has 1 aliphatic heterocycles. The van der Waals surface area contributed by atoms with Crippen LogP contribution in [0.1, 0.15) is 42.7 Å². The van der Waals surface area contributed by atoms with Crippen LogP contribution in [0.4, 0.5) is 5.69 Å². The number of allylic oxidation sites excluding steroid dienone is 6. The maximum atomic E-state index is 12.4. The molecule has 306 valence electrons. The van der Waals surface area contributed by atoms with E-state index in [2.05, 4.69) is 64.0 Å². The normalized spacial score (nSPS) is 16.9. The molecule has 0 fully saturated rings. The fraction of sp³-hybridized carbons (Fsp3) is 0.385. The van der Waals surface area contributed by atoms with Crippen molar-refractivity contribution in [1.29, 1.82) is 0 Å². The number of rotatable bonds is 19. The first-order chi connectivity index (χ1) is 27.3. The van der Waals surface area contributed by atoms with Crippen molar-refractivity contribution in [2.24, 2.45) is 0 Å². The number of hydrogen-bond donors (Lipinski definition) is 0. The molecule has 0 amide bonds. The average molecular weight is 897 g/mol. The number of ether oxygens (including phenoxy) is 2. The second-order valence-corrected chi connectivity index (χ2v) is 20.1. The summed E-state index contributed by atoms with van der Waals surface area (Å²) in [6.45, 7) is 4.08. The maximum Gasteiger partial charge on any atom is 1.00 e. The minimum atomic E-state index is -4.30. The van der Waals surface area contributed by atoms with Crippen LogP contribution in [-0.2, 0) is 47.1 Å². The standard InChI is InChI=1S/C39H46N4O9S5.Na/c1-29-9-13-35-33(27-29)41(19-23-51-21-5-25-56(45,46)47)37(53-35)15-10-30-7-3-8-31(39(30)43-18-4-17-40-43)11-16-38-42(20-24-52-22-6-26-57(48,49)50)34-28-32(55(2)44)12-14-36(34)54-38;/h4,9-18,27-28H,3,5-8,19-26H2,1-2H3,(H-,45,46,47,48,49,50);/q;+1/p-1. The third-order valence-corrected chi connectivity index (χ3v) is 14.0. The van der Waals surface area contributed by atoms with Gasteiger partial charge in [-0.15, -0.1) is 0 Å². The van der Waals surface area contributed by atoms with Crippen LogP contribution in [0.15, 0.2) is 99.1 Å². The van der Waals surface area contributed by atoms with Crippen molar-refractivity contribution in [2.45, 2.75) is 55.4 Å². The van der Waals surface area contributed by atoms with Crippen LogP contribution in [0.25, 0.3) is 22.0 Å². The summed E-state index contributed by atoms with van der Waals surface area (Å²) in [5.74, 6) is -0.911. The number of aryl methyl sites for hydroxylation is 1. The molecule has 2 aromatic carbocycles. The zero-order chi connectivity index (χ0) is 40.6. The summed E-state index contributed by atoms with van der Waals surface area (Å²) in [6.07, 6.45) is 16.8. The van der Waals surface area contributed by atoms with Crippen molar-refractivity contribution in [3.8, 4) is 0 Å². The van der Waals surface area contributed by atoms with Gasteiger partial charge in [0.25, 0.3) is 5.01 Å². The Morgan fingerprint density at radius 2 is 1.69 bits per heavy atom. The number of thioether (sulfide) groups is 1. The topological polar surface area (TPSA) is 175 Å². The Labute approximate surface area is 373 Å². The molecule has 0 spiro atoms. The fourth-order valence-electron chi connectivity index (χ4n) is 6.65. The maximum absolute atomic E-state index is 12.4. The summed E-state index contributed by atoms with van der Waals surface area (Å²) in [5, 5.41) is 6.64. The van der Waals surface area contributed by atoms with E-state index in [0.29, 0.717) is 31.2 Å². The molecule has 6 rings (SSSR count). The molecule has 2 aliphatic rings. The third kappa shape index (κ3) is 13.0. The molecule has 2 aromatic heterocycles. The van der Waals surface area contributed by atoms with Gasteiger partial charge in [-0.1, -0.05) is 35.2 Å². The van der Waals surface area contributed by atoms with Crippen molar-refractivity contribution in [2.75, 3.05) is 55.6 Å². The SMILES string of the molecule is Cc1ccc2c(c1)N(CCOCCCS(=O)(=O)[O-])/C(=C/C=C1\CCCC(/C=C/c3sc4ccc(S(C)=O)cc4[n+]3CCOCCCS(=O)(=O)[O-])=C1n1cccn1)S2.[Na+]. The molecule has 58 heavy (non-hydrogen) atoms. The van der Waals surface area contributed by atoms with E-state index < -0.39 is 42.5 Å². The van der Waals surface area contributed by atoms with E-state index in [-0.39, 0.29) is 55.6 Å². The fourth-order valence-corrected chi connectivity index (χ4v) is 10.3. The van der Waals surface area contributed by atoms with E-state index in [1.54, 1.807) is 35.6 Å². The van der Waals surface area contributed by atoms with Gasteiger partial charge in [0.05, 0.1) is 54.1 Å². The van der Waals surface area contributed by atoms with Crippen molar-refractivity contribution in [3.63, 3.8) is 0 Å². The van der Waals surface area contributed by atoms with Crippen LogP contribution in [-0.4, -0.2) is 90.7 Å². The van der Waals surface area contributed by atoms with Crippen molar-refractivity contribution in [1.82, 2.24) is 9.78 Å². The first kappa shape index (κ1) is 46.6. The van der Waals surface area contributed by atoms with Gasteiger partial charge in [0.1, 0.15) is 11.3 Å². The molecule has 3 heterocycles. The van der Waals surface area contributed by atoms with E-state index in [1.165, 1.54) is 0 Å². The van der Waals surface area contributed by atoms with Gasteiger partial charge in [0.15, 0.2) is 6.54 Å². The van der Waals surface area contributed by atoms with Crippen LogP contribution in [0.3, 0.4) is 0 Å². The quantitative estimate of drug-likeness (QED) is 0.0584. The molecule has 0 saturated heterocycles. The Morgan fingerprint density at radius 3 is 2.38 bits per heavy atom. The molecule has 1 unspecified atom stereocenters. The summed E-state index contributed by atoms with van der Waals surface area (Å²) in [6, 6.07) is 14.0. The smallest absolute Gasteiger partial charge is 0.748 e. The van der Waals surface area contributed by atoms with Gasteiger partial charge >= 0.3 is 29.6 Å².